The van der Waals surface area contributed by atoms with Gasteiger partial charge in [-0.2, -0.15) is 0 Å². The molecule has 0 N–H and O–H groups in total. The van der Waals surface area contributed by atoms with Gasteiger partial charge < -0.3 is 0 Å². The zero-order valence-corrected chi connectivity index (χ0v) is 17.1. The lowest BCUT2D eigenvalue weighted by atomic mass is 9.87. The number of allylic oxidation sites excluding steroid dienone is 1. The van der Waals surface area contributed by atoms with Crippen molar-refractivity contribution in [1.29, 1.82) is 0 Å². The van der Waals surface area contributed by atoms with Gasteiger partial charge in [-0.3, -0.25) is 4.90 Å². The summed E-state index contributed by atoms with van der Waals surface area (Å²) in [6, 6.07) is 17.8. The lowest BCUT2D eigenvalue weighted by Crippen LogP contribution is -2.22. The predicted octanol–water partition coefficient (Wildman–Crippen LogP) is 6.46. The minimum absolute atomic E-state index is 0. The molecule has 0 saturated heterocycles. The number of benzene rings is 2. The predicted molar refractivity (Wildman–Crippen MR) is 113 cm³/mol. The molecule has 2 rings (SSSR count). The molecule has 0 amide bonds. The van der Waals surface area contributed by atoms with Gasteiger partial charge in [0, 0.05) is 13.1 Å². The van der Waals surface area contributed by atoms with Crippen LogP contribution in [0.1, 0.15) is 56.9 Å². The van der Waals surface area contributed by atoms with E-state index in [2.05, 4.69) is 94.6 Å². The van der Waals surface area contributed by atoms with Gasteiger partial charge in [-0.25, -0.2) is 0 Å². The molecule has 0 bridgehead atoms. The van der Waals surface area contributed by atoms with Gasteiger partial charge in [-0.15, -0.1) is 12.4 Å². The lowest BCUT2D eigenvalue weighted by molar-refractivity contribution is 0.271. The molecule has 0 saturated carbocycles. The summed E-state index contributed by atoms with van der Waals surface area (Å²) in [7, 11) is 0. The second-order valence-electron chi connectivity index (χ2n) is 7.73. The fraction of sp³-hybridized carbons (Fsp3) is 0.391. The fourth-order valence-corrected chi connectivity index (χ4v) is 2.84. The van der Waals surface area contributed by atoms with Crippen molar-refractivity contribution in [2.45, 2.75) is 53.1 Å². The van der Waals surface area contributed by atoms with Crippen LogP contribution in [0.2, 0.25) is 0 Å². The lowest BCUT2D eigenvalue weighted by Gasteiger charge is -2.23. The summed E-state index contributed by atoms with van der Waals surface area (Å²) in [5, 5.41) is 0. The van der Waals surface area contributed by atoms with E-state index in [0.717, 1.165) is 25.2 Å². The van der Waals surface area contributed by atoms with Crippen LogP contribution in [0.4, 0.5) is 0 Å². The Morgan fingerprint density at radius 3 is 2.08 bits per heavy atom. The first-order chi connectivity index (χ1) is 11.3. The van der Waals surface area contributed by atoms with Crippen LogP contribution in [0.15, 0.2) is 55.1 Å². The Morgan fingerprint density at radius 1 is 0.960 bits per heavy atom. The molecule has 0 radical (unpaired) electrons. The average Bonchev–Trinajstić information content (AvgIpc) is 2.54. The third-order valence-corrected chi connectivity index (χ3v) is 4.50. The van der Waals surface area contributed by atoms with Gasteiger partial charge in [0.05, 0.1) is 0 Å². The van der Waals surface area contributed by atoms with Crippen molar-refractivity contribution in [2.75, 3.05) is 6.54 Å². The Bertz CT molecular complexity index is 680. The molecule has 0 aliphatic heterocycles. The third kappa shape index (κ3) is 6.34. The van der Waals surface area contributed by atoms with Crippen LogP contribution < -0.4 is 0 Å². The molecule has 0 fully saturated rings. The smallest absolute Gasteiger partial charge is 0.0237 e. The summed E-state index contributed by atoms with van der Waals surface area (Å²) in [5.74, 6) is 0. The molecule has 0 spiro atoms. The topological polar surface area (TPSA) is 3.24 Å². The van der Waals surface area contributed by atoms with Crippen molar-refractivity contribution >= 4 is 18.0 Å². The zero-order valence-electron chi connectivity index (χ0n) is 16.3. The first-order valence-electron chi connectivity index (χ1n) is 8.86. The molecular weight excluding hydrogens is 326 g/mol. The van der Waals surface area contributed by atoms with Crippen LogP contribution in [0, 0.1) is 0 Å². The van der Waals surface area contributed by atoms with Crippen LogP contribution >= 0.6 is 12.4 Å². The molecule has 0 unspecified atom stereocenters. The van der Waals surface area contributed by atoms with E-state index in [1.54, 1.807) is 0 Å². The summed E-state index contributed by atoms with van der Waals surface area (Å²) in [4.78, 5) is 2.48. The first-order valence-corrected chi connectivity index (χ1v) is 8.86. The second kappa shape index (κ2) is 9.22. The van der Waals surface area contributed by atoms with Crippen molar-refractivity contribution in [3.63, 3.8) is 0 Å². The molecule has 0 heterocycles. The largest absolute Gasteiger partial charge is 0.295 e. The quantitative estimate of drug-likeness (QED) is 0.573. The standard InChI is InChI=1S/C23H31N.ClH/c1-7-24(17-20-9-8-10-21(15-20)18(2)3)16-19-11-13-22(14-12-19)23(4,5)6;/h8-15H,2,7,16-17H2,1,3-6H3;1H. The molecule has 1 nitrogen and oxygen atoms in total. The Labute approximate surface area is 160 Å². The Kier molecular flexibility index (Phi) is 7.92. The van der Waals surface area contributed by atoms with Crippen LogP contribution in [0.3, 0.4) is 0 Å². The molecular formula is C23H32ClN. The highest BCUT2D eigenvalue weighted by atomic mass is 35.5. The second-order valence-corrected chi connectivity index (χ2v) is 7.73. The first kappa shape index (κ1) is 21.5. The molecule has 2 aromatic rings. The number of nitrogens with zero attached hydrogens (tertiary/aromatic N) is 1. The Hall–Kier alpha value is -1.57. The van der Waals surface area contributed by atoms with Crippen molar-refractivity contribution in [1.82, 2.24) is 4.90 Å². The van der Waals surface area contributed by atoms with E-state index in [1.807, 2.05) is 0 Å². The molecule has 0 atom stereocenters. The SMILES string of the molecule is C=C(C)c1cccc(CN(CC)Cc2ccc(C(C)(C)C)cc2)c1.Cl. The minimum Gasteiger partial charge on any atom is -0.295 e. The number of halogens is 1. The third-order valence-electron chi connectivity index (χ3n) is 4.50. The van der Waals surface area contributed by atoms with E-state index in [-0.39, 0.29) is 17.8 Å². The van der Waals surface area contributed by atoms with Gasteiger partial charge >= 0.3 is 0 Å². The summed E-state index contributed by atoms with van der Waals surface area (Å²) < 4.78 is 0. The average molecular weight is 358 g/mol. The van der Waals surface area contributed by atoms with E-state index in [0.29, 0.717) is 0 Å². The highest BCUT2D eigenvalue weighted by Crippen LogP contribution is 2.23. The summed E-state index contributed by atoms with van der Waals surface area (Å²) in [6.07, 6.45) is 0. The van der Waals surface area contributed by atoms with Crippen molar-refractivity contribution in [3.8, 4) is 0 Å². The number of hydrogen-bond acceptors (Lipinski definition) is 1. The van der Waals surface area contributed by atoms with Crippen molar-refractivity contribution < 1.29 is 0 Å². The monoisotopic (exact) mass is 357 g/mol. The molecule has 2 heteroatoms. The van der Waals surface area contributed by atoms with E-state index in [4.69, 9.17) is 0 Å². The van der Waals surface area contributed by atoms with Gasteiger partial charge in [-0.1, -0.05) is 88.4 Å². The van der Waals surface area contributed by atoms with Gasteiger partial charge in [0.25, 0.3) is 0 Å². The van der Waals surface area contributed by atoms with Crippen LogP contribution in [-0.2, 0) is 18.5 Å². The van der Waals surface area contributed by atoms with Crippen molar-refractivity contribution in [3.05, 3.63) is 77.4 Å². The van der Waals surface area contributed by atoms with Crippen LogP contribution in [0.25, 0.3) is 5.57 Å². The van der Waals surface area contributed by atoms with Gasteiger partial charge in [-0.05, 0) is 41.1 Å². The highest BCUT2D eigenvalue weighted by Gasteiger charge is 2.13. The summed E-state index contributed by atoms with van der Waals surface area (Å²) in [6.45, 7) is 18.1. The Morgan fingerprint density at radius 2 is 1.56 bits per heavy atom. The molecule has 136 valence electrons. The highest BCUT2D eigenvalue weighted by molar-refractivity contribution is 5.85. The Balaban J connectivity index is 0.00000312. The molecule has 25 heavy (non-hydrogen) atoms. The van der Waals surface area contributed by atoms with E-state index in [9.17, 15) is 0 Å². The van der Waals surface area contributed by atoms with Crippen molar-refractivity contribution in [2.24, 2.45) is 0 Å². The molecule has 2 aromatic carbocycles. The van der Waals surface area contributed by atoms with E-state index < -0.39 is 0 Å². The van der Waals surface area contributed by atoms with E-state index >= 15 is 0 Å². The maximum atomic E-state index is 4.05. The summed E-state index contributed by atoms with van der Waals surface area (Å²) in [5.41, 5.74) is 6.69. The number of rotatable bonds is 6. The van der Waals surface area contributed by atoms with Crippen LogP contribution in [-0.4, -0.2) is 11.4 Å². The van der Waals surface area contributed by atoms with Gasteiger partial charge in [0.1, 0.15) is 0 Å². The van der Waals surface area contributed by atoms with E-state index in [1.165, 1.54) is 22.3 Å². The van der Waals surface area contributed by atoms with Gasteiger partial charge in [0.15, 0.2) is 0 Å². The zero-order chi connectivity index (χ0) is 17.7. The maximum absolute atomic E-state index is 4.05. The molecule has 0 aromatic heterocycles. The maximum Gasteiger partial charge on any atom is 0.0237 e. The number of hydrogen-bond donors (Lipinski definition) is 0. The summed E-state index contributed by atoms with van der Waals surface area (Å²) >= 11 is 0. The van der Waals surface area contributed by atoms with Crippen LogP contribution in [0.5, 0.6) is 0 Å². The molecule has 0 aliphatic carbocycles. The van der Waals surface area contributed by atoms with Gasteiger partial charge in [0.2, 0.25) is 0 Å². The normalized spacial score (nSPS) is 11.3. The minimum atomic E-state index is 0. The fourth-order valence-electron chi connectivity index (χ4n) is 2.84. The molecule has 0 aliphatic rings.